The van der Waals surface area contributed by atoms with E-state index in [1.807, 2.05) is 19.1 Å². The number of esters is 1. The maximum Gasteiger partial charge on any atom is 0.312 e. The molecule has 0 saturated heterocycles. The van der Waals surface area contributed by atoms with Crippen molar-refractivity contribution in [3.63, 3.8) is 0 Å². The summed E-state index contributed by atoms with van der Waals surface area (Å²) in [5.74, 6) is -1.04. The highest BCUT2D eigenvalue weighted by Gasteiger charge is 2.61. The molecule has 0 radical (unpaired) electrons. The molecule has 1 saturated carbocycles. The molecule has 1 aromatic rings. The second-order valence-corrected chi connectivity index (χ2v) is 4.24. The number of ether oxygens (including phenoxy) is 1. The SMILES string of the molecule is CCOC(=O)[C@H]1C[C@]1(F)c1ccc(C)cc1. The van der Waals surface area contributed by atoms with E-state index in [2.05, 4.69) is 0 Å². The molecule has 2 nitrogen and oxygen atoms in total. The van der Waals surface area contributed by atoms with Gasteiger partial charge < -0.3 is 4.74 Å². The lowest BCUT2D eigenvalue weighted by molar-refractivity contribution is -0.145. The minimum absolute atomic E-state index is 0.245. The van der Waals surface area contributed by atoms with Crippen LogP contribution in [0.1, 0.15) is 24.5 Å². The maximum absolute atomic E-state index is 14.3. The van der Waals surface area contributed by atoms with Crippen LogP contribution in [0.2, 0.25) is 0 Å². The summed E-state index contributed by atoms with van der Waals surface area (Å²) in [6.07, 6.45) is 0.245. The Kier molecular flexibility index (Phi) is 2.70. The maximum atomic E-state index is 14.3. The zero-order valence-electron chi connectivity index (χ0n) is 9.50. The molecule has 0 bridgehead atoms. The molecular weight excluding hydrogens is 207 g/mol. The van der Waals surface area contributed by atoms with Crippen LogP contribution in [-0.4, -0.2) is 12.6 Å². The fourth-order valence-corrected chi connectivity index (χ4v) is 1.90. The van der Waals surface area contributed by atoms with Crippen molar-refractivity contribution < 1.29 is 13.9 Å². The third-order valence-electron chi connectivity index (χ3n) is 3.00. The van der Waals surface area contributed by atoms with Gasteiger partial charge in [0.2, 0.25) is 0 Å². The lowest BCUT2D eigenvalue weighted by Gasteiger charge is -2.08. The molecule has 0 N–H and O–H groups in total. The molecule has 0 aliphatic heterocycles. The lowest BCUT2D eigenvalue weighted by atomic mass is 10.1. The van der Waals surface area contributed by atoms with Crippen molar-refractivity contribution in [1.82, 2.24) is 0 Å². The Balaban J connectivity index is 2.12. The van der Waals surface area contributed by atoms with Crippen molar-refractivity contribution in [2.24, 2.45) is 5.92 Å². The Morgan fingerprint density at radius 2 is 2.12 bits per heavy atom. The number of hydrogen-bond acceptors (Lipinski definition) is 2. The predicted molar refractivity (Wildman–Crippen MR) is 58.7 cm³/mol. The van der Waals surface area contributed by atoms with Gasteiger partial charge >= 0.3 is 5.97 Å². The van der Waals surface area contributed by atoms with Crippen LogP contribution in [-0.2, 0) is 15.2 Å². The second kappa shape index (κ2) is 3.89. The van der Waals surface area contributed by atoms with Crippen LogP contribution < -0.4 is 0 Å². The van der Waals surface area contributed by atoms with E-state index >= 15 is 0 Å². The van der Waals surface area contributed by atoms with E-state index in [1.54, 1.807) is 19.1 Å². The number of benzene rings is 1. The van der Waals surface area contributed by atoms with Gasteiger partial charge in [0, 0.05) is 6.42 Å². The van der Waals surface area contributed by atoms with Gasteiger partial charge in [0.15, 0.2) is 0 Å². The summed E-state index contributed by atoms with van der Waals surface area (Å²) < 4.78 is 19.1. The fourth-order valence-electron chi connectivity index (χ4n) is 1.90. The minimum atomic E-state index is -1.50. The quantitative estimate of drug-likeness (QED) is 0.735. The van der Waals surface area contributed by atoms with E-state index in [9.17, 15) is 9.18 Å². The molecule has 86 valence electrons. The van der Waals surface area contributed by atoms with Gasteiger partial charge in [0.25, 0.3) is 0 Å². The molecule has 2 atom stereocenters. The average Bonchev–Trinajstić information content (AvgIpc) is 2.93. The summed E-state index contributed by atoms with van der Waals surface area (Å²) in [4.78, 5) is 11.4. The highest BCUT2D eigenvalue weighted by atomic mass is 19.1. The Morgan fingerprint density at radius 3 is 2.69 bits per heavy atom. The van der Waals surface area contributed by atoms with Crippen LogP contribution in [0.25, 0.3) is 0 Å². The Labute approximate surface area is 94.4 Å². The molecule has 0 unspecified atom stereocenters. The Hall–Kier alpha value is -1.38. The molecule has 1 aliphatic carbocycles. The topological polar surface area (TPSA) is 26.3 Å². The lowest BCUT2D eigenvalue weighted by Crippen LogP contribution is -2.13. The van der Waals surface area contributed by atoms with Crippen molar-refractivity contribution >= 4 is 5.97 Å². The van der Waals surface area contributed by atoms with E-state index in [4.69, 9.17) is 4.74 Å². The number of rotatable bonds is 3. The number of carbonyl (C=O) groups is 1. The second-order valence-electron chi connectivity index (χ2n) is 4.24. The van der Waals surface area contributed by atoms with Crippen LogP contribution in [0.3, 0.4) is 0 Å². The summed E-state index contributed by atoms with van der Waals surface area (Å²) in [7, 11) is 0. The van der Waals surface area contributed by atoms with Gasteiger partial charge in [-0.3, -0.25) is 4.79 Å². The molecular formula is C13H15FO2. The van der Waals surface area contributed by atoms with Gasteiger partial charge in [0.05, 0.1) is 12.5 Å². The summed E-state index contributed by atoms with van der Waals surface area (Å²) >= 11 is 0. The third-order valence-corrected chi connectivity index (χ3v) is 3.00. The van der Waals surface area contributed by atoms with Crippen molar-refractivity contribution in [3.05, 3.63) is 35.4 Å². The number of alkyl halides is 1. The summed E-state index contributed by atoms with van der Waals surface area (Å²) in [6, 6.07) is 7.21. The van der Waals surface area contributed by atoms with E-state index in [0.717, 1.165) is 5.56 Å². The highest BCUT2D eigenvalue weighted by molar-refractivity contribution is 5.78. The predicted octanol–water partition coefficient (Wildman–Crippen LogP) is 2.74. The highest BCUT2D eigenvalue weighted by Crippen LogP contribution is 2.56. The fraction of sp³-hybridized carbons (Fsp3) is 0.462. The van der Waals surface area contributed by atoms with Gasteiger partial charge in [-0.1, -0.05) is 29.8 Å². The summed E-state index contributed by atoms with van der Waals surface area (Å²) in [5.41, 5.74) is 0.164. The number of aryl methyl sites for hydroxylation is 1. The van der Waals surface area contributed by atoms with Crippen LogP contribution in [0.4, 0.5) is 4.39 Å². The Bertz CT molecular complexity index is 399. The van der Waals surface area contributed by atoms with E-state index in [0.29, 0.717) is 12.2 Å². The van der Waals surface area contributed by atoms with Crippen molar-refractivity contribution in [2.45, 2.75) is 25.9 Å². The summed E-state index contributed by atoms with van der Waals surface area (Å²) in [6.45, 7) is 3.98. The Morgan fingerprint density at radius 1 is 1.50 bits per heavy atom. The normalized spacial score (nSPS) is 27.6. The van der Waals surface area contributed by atoms with Gasteiger partial charge in [-0.25, -0.2) is 4.39 Å². The first kappa shape index (κ1) is 11.1. The molecule has 0 spiro atoms. The first-order valence-electron chi connectivity index (χ1n) is 5.50. The van der Waals surface area contributed by atoms with Crippen LogP contribution in [0, 0.1) is 12.8 Å². The molecule has 1 aliphatic rings. The van der Waals surface area contributed by atoms with Crippen molar-refractivity contribution in [1.29, 1.82) is 0 Å². The van der Waals surface area contributed by atoms with Gasteiger partial charge in [-0.05, 0) is 19.4 Å². The monoisotopic (exact) mass is 222 g/mol. The first-order chi connectivity index (χ1) is 7.58. The minimum Gasteiger partial charge on any atom is -0.466 e. The van der Waals surface area contributed by atoms with Crippen LogP contribution >= 0.6 is 0 Å². The summed E-state index contributed by atoms with van der Waals surface area (Å²) in [5, 5.41) is 0. The van der Waals surface area contributed by atoms with Crippen LogP contribution in [0.15, 0.2) is 24.3 Å². The molecule has 1 fully saturated rings. The van der Waals surface area contributed by atoms with Crippen molar-refractivity contribution in [2.75, 3.05) is 6.61 Å². The zero-order valence-corrected chi connectivity index (χ0v) is 9.50. The van der Waals surface area contributed by atoms with E-state index in [1.165, 1.54) is 0 Å². The largest absolute Gasteiger partial charge is 0.466 e. The molecule has 0 heterocycles. The standard InChI is InChI=1S/C13H15FO2/c1-3-16-12(15)11-8-13(11,14)10-6-4-9(2)5-7-10/h4-7,11H,3,8H2,1-2H3/t11-,13+/m1/s1. The molecule has 16 heavy (non-hydrogen) atoms. The van der Waals surface area contributed by atoms with E-state index in [-0.39, 0.29) is 6.42 Å². The zero-order chi connectivity index (χ0) is 11.8. The number of hydrogen-bond donors (Lipinski definition) is 0. The molecule has 0 aromatic heterocycles. The average molecular weight is 222 g/mol. The molecule has 0 amide bonds. The molecule has 2 rings (SSSR count). The molecule has 3 heteroatoms. The first-order valence-corrected chi connectivity index (χ1v) is 5.50. The van der Waals surface area contributed by atoms with Gasteiger partial charge in [-0.15, -0.1) is 0 Å². The number of halogens is 1. The van der Waals surface area contributed by atoms with Crippen LogP contribution in [0.5, 0.6) is 0 Å². The van der Waals surface area contributed by atoms with Crippen molar-refractivity contribution in [3.8, 4) is 0 Å². The van der Waals surface area contributed by atoms with E-state index < -0.39 is 17.6 Å². The number of carbonyl (C=O) groups excluding carboxylic acids is 1. The third kappa shape index (κ3) is 1.82. The smallest absolute Gasteiger partial charge is 0.312 e. The van der Waals surface area contributed by atoms with Gasteiger partial charge in [0.1, 0.15) is 5.67 Å². The molecule has 1 aromatic carbocycles. The van der Waals surface area contributed by atoms with Gasteiger partial charge in [-0.2, -0.15) is 0 Å².